The summed E-state index contributed by atoms with van der Waals surface area (Å²) in [5.74, 6) is -1.32. The van der Waals surface area contributed by atoms with Crippen LogP contribution in [0.3, 0.4) is 0 Å². The number of ether oxygens (including phenoxy) is 1. The Kier molecular flexibility index (Phi) is 6.18. The lowest BCUT2D eigenvalue weighted by molar-refractivity contribution is -0.132. The molecule has 27 heavy (non-hydrogen) atoms. The Bertz CT molecular complexity index is 799. The number of carbonyl (C=O) groups excluding carboxylic acids is 1. The van der Waals surface area contributed by atoms with Gasteiger partial charge in [0, 0.05) is 5.69 Å². The lowest BCUT2D eigenvalue weighted by Crippen LogP contribution is -2.34. The van der Waals surface area contributed by atoms with Crippen molar-refractivity contribution in [1.29, 1.82) is 0 Å². The first-order chi connectivity index (χ1) is 13.1. The van der Waals surface area contributed by atoms with Crippen molar-refractivity contribution in [1.82, 2.24) is 15.0 Å². The SMILES string of the molecule is CCC(OC1CCCCC1)C(=O)Nc1cccc(-n2cc(C(=O)O)nn2)c1. The normalized spacial score (nSPS) is 16.0. The van der Waals surface area contributed by atoms with Crippen LogP contribution in [0.15, 0.2) is 30.5 Å². The van der Waals surface area contributed by atoms with Crippen LogP contribution in [0.5, 0.6) is 0 Å². The summed E-state index contributed by atoms with van der Waals surface area (Å²) in [5.41, 5.74) is 1.06. The molecule has 0 spiro atoms. The Balaban J connectivity index is 1.66. The molecule has 0 saturated heterocycles. The number of carbonyl (C=O) groups is 2. The van der Waals surface area contributed by atoms with E-state index >= 15 is 0 Å². The summed E-state index contributed by atoms with van der Waals surface area (Å²) in [5, 5.41) is 19.2. The van der Waals surface area contributed by atoms with Crippen molar-refractivity contribution in [3.05, 3.63) is 36.2 Å². The van der Waals surface area contributed by atoms with Crippen LogP contribution in [0, 0.1) is 0 Å². The van der Waals surface area contributed by atoms with Gasteiger partial charge in [0.05, 0.1) is 18.0 Å². The Labute approximate surface area is 157 Å². The highest BCUT2D eigenvalue weighted by Crippen LogP contribution is 2.23. The van der Waals surface area contributed by atoms with Gasteiger partial charge in [-0.25, -0.2) is 9.48 Å². The predicted molar refractivity (Wildman–Crippen MR) is 99.0 cm³/mol. The van der Waals surface area contributed by atoms with Crippen molar-refractivity contribution in [2.45, 2.75) is 57.7 Å². The highest BCUT2D eigenvalue weighted by atomic mass is 16.5. The fraction of sp³-hybridized carbons (Fsp3) is 0.474. The lowest BCUT2D eigenvalue weighted by atomic mass is 9.97. The van der Waals surface area contributed by atoms with Crippen LogP contribution in [0.2, 0.25) is 0 Å². The van der Waals surface area contributed by atoms with Crippen LogP contribution < -0.4 is 5.32 Å². The van der Waals surface area contributed by atoms with Crippen molar-refractivity contribution in [2.24, 2.45) is 0 Å². The molecule has 2 aromatic rings. The van der Waals surface area contributed by atoms with Crippen LogP contribution in [0.4, 0.5) is 5.69 Å². The van der Waals surface area contributed by atoms with E-state index in [1.54, 1.807) is 24.3 Å². The van der Waals surface area contributed by atoms with Crippen LogP contribution in [0.1, 0.15) is 55.9 Å². The largest absolute Gasteiger partial charge is 0.476 e. The fourth-order valence-corrected chi connectivity index (χ4v) is 3.21. The molecule has 0 radical (unpaired) electrons. The Morgan fingerprint density at radius 3 is 2.78 bits per heavy atom. The Morgan fingerprint density at radius 2 is 2.11 bits per heavy atom. The number of nitrogens with zero attached hydrogens (tertiary/aromatic N) is 3. The van der Waals surface area contributed by atoms with Crippen LogP contribution in [-0.2, 0) is 9.53 Å². The molecule has 1 amide bonds. The number of hydrogen-bond donors (Lipinski definition) is 2. The predicted octanol–water partition coefficient (Wildman–Crippen LogP) is 3.03. The van der Waals surface area contributed by atoms with Gasteiger partial charge in [0.15, 0.2) is 5.69 Å². The smallest absolute Gasteiger partial charge is 0.358 e. The van der Waals surface area contributed by atoms with E-state index in [1.165, 1.54) is 17.3 Å². The molecule has 1 aliphatic rings. The third kappa shape index (κ3) is 4.91. The number of anilines is 1. The van der Waals surface area contributed by atoms with Crippen molar-refractivity contribution in [3.63, 3.8) is 0 Å². The summed E-state index contributed by atoms with van der Waals surface area (Å²) < 4.78 is 7.37. The molecule has 8 heteroatoms. The quantitative estimate of drug-likeness (QED) is 0.774. The van der Waals surface area contributed by atoms with Gasteiger partial charge < -0.3 is 15.2 Å². The zero-order chi connectivity index (χ0) is 19.2. The Hall–Kier alpha value is -2.74. The maximum Gasteiger partial charge on any atom is 0.358 e. The molecule has 1 heterocycles. The van der Waals surface area contributed by atoms with E-state index in [0.717, 1.165) is 25.7 Å². The minimum atomic E-state index is -1.14. The van der Waals surface area contributed by atoms with E-state index < -0.39 is 12.1 Å². The number of hydrogen-bond acceptors (Lipinski definition) is 5. The van der Waals surface area contributed by atoms with Gasteiger partial charge in [-0.1, -0.05) is 37.5 Å². The van der Waals surface area contributed by atoms with Gasteiger partial charge in [0.2, 0.25) is 0 Å². The fourth-order valence-electron chi connectivity index (χ4n) is 3.21. The molecule has 1 aliphatic carbocycles. The van der Waals surface area contributed by atoms with E-state index in [1.807, 2.05) is 6.92 Å². The Morgan fingerprint density at radius 1 is 1.33 bits per heavy atom. The average molecular weight is 372 g/mol. The average Bonchev–Trinajstić information content (AvgIpc) is 3.18. The van der Waals surface area contributed by atoms with Crippen LogP contribution in [-0.4, -0.2) is 44.2 Å². The third-order valence-electron chi connectivity index (χ3n) is 4.66. The summed E-state index contributed by atoms with van der Waals surface area (Å²) in [7, 11) is 0. The summed E-state index contributed by atoms with van der Waals surface area (Å²) in [6.07, 6.45) is 7.17. The standard InChI is InChI=1S/C19H24N4O4/c1-2-17(27-15-9-4-3-5-10-15)18(24)20-13-7-6-8-14(11-13)23-12-16(19(25)26)21-22-23/h6-8,11-12,15,17H,2-5,9-10H2,1H3,(H,20,24)(H,25,26). The van der Waals surface area contributed by atoms with E-state index in [0.29, 0.717) is 17.8 Å². The molecule has 1 saturated carbocycles. The lowest BCUT2D eigenvalue weighted by Gasteiger charge is -2.26. The first-order valence-electron chi connectivity index (χ1n) is 9.29. The summed E-state index contributed by atoms with van der Waals surface area (Å²) in [4.78, 5) is 23.6. The first kappa shape index (κ1) is 19.0. The molecule has 2 N–H and O–H groups in total. The van der Waals surface area contributed by atoms with Gasteiger partial charge in [-0.3, -0.25) is 4.79 Å². The summed E-state index contributed by atoms with van der Waals surface area (Å²) in [6, 6.07) is 7.00. The minimum Gasteiger partial charge on any atom is -0.476 e. The van der Waals surface area contributed by atoms with Crippen molar-refractivity contribution < 1.29 is 19.4 Å². The summed E-state index contributed by atoms with van der Waals surface area (Å²) in [6.45, 7) is 1.94. The molecule has 8 nitrogen and oxygen atoms in total. The van der Waals surface area contributed by atoms with E-state index in [2.05, 4.69) is 15.6 Å². The molecule has 1 atom stereocenters. The minimum absolute atomic E-state index is 0.142. The number of rotatable bonds is 7. The van der Waals surface area contributed by atoms with E-state index in [-0.39, 0.29) is 17.7 Å². The molecular weight excluding hydrogens is 348 g/mol. The van der Waals surface area contributed by atoms with Gasteiger partial charge in [-0.15, -0.1) is 5.10 Å². The van der Waals surface area contributed by atoms with Gasteiger partial charge in [0.1, 0.15) is 6.10 Å². The molecule has 3 rings (SSSR count). The second kappa shape index (κ2) is 8.77. The molecule has 1 fully saturated rings. The number of carboxylic acids is 1. The molecular formula is C19H24N4O4. The van der Waals surface area contributed by atoms with Crippen LogP contribution >= 0.6 is 0 Å². The highest BCUT2D eigenvalue weighted by molar-refractivity contribution is 5.94. The van der Waals surface area contributed by atoms with Crippen molar-refractivity contribution >= 4 is 17.6 Å². The van der Waals surface area contributed by atoms with Crippen molar-refractivity contribution in [3.8, 4) is 5.69 Å². The zero-order valence-corrected chi connectivity index (χ0v) is 15.3. The number of benzene rings is 1. The van der Waals surface area contributed by atoms with Gasteiger partial charge in [-0.05, 0) is 37.5 Å². The molecule has 144 valence electrons. The monoisotopic (exact) mass is 372 g/mol. The number of amides is 1. The summed E-state index contributed by atoms with van der Waals surface area (Å²) >= 11 is 0. The topological polar surface area (TPSA) is 106 Å². The second-order valence-corrected chi connectivity index (χ2v) is 6.69. The molecule has 0 aliphatic heterocycles. The maximum absolute atomic E-state index is 12.6. The molecule has 1 unspecified atom stereocenters. The number of aromatic nitrogens is 3. The third-order valence-corrected chi connectivity index (χ3v) is 4.66. The van der Waals surface area contributed by atoms with Gasteiger partial charge >= 0.3 is 5.97 Å². The highest BCUT2D eigenvalue weighted by Gasteiger charge is 2.23. The number of carboxylic acid groups (broad SMARTS) is 1. The molecule has 1 aromatic carbocycles. The molecule has 1 aromatic heterocycles. The number of aromatic carboxylic acids is 1. The second-order valence-electron chi connectivity index (χ2n) is 6.69. The van der Waals surface area contributed by atoms with E-state index in [9.17, 15) is 9.59 Å². The first-order valence-corrected chi connectivity index (χ1v) is 9.29. The van der Waals surface area contributed by atoms with Gasteiger partial charge in [0.25, 0.3) is 5.91 Å². The zero-order valence-electron chi connectivity index (χ0n) is 15.3. The number of nitrogens with one attached hydrogen (secondary N) is 1. The van der Waals surface area contributed by atoms with Gasteiger partial charge in [-0.2, -0.15) is 0 Å². The molecule has 0 bridgehead atoms. The maximum atomic E-state index is 12.6. The van der Waals surface area contributed by atoms with E-state index in [4.69, 9.17) is 9.84 Å². The van der Waals surface area contributed by atoms with Crippen molar-refractivity contribution in [2.75, 3.05) is 5.32 Å². The van der Waals surface area contributed by atoms with Crippen LogP contribution in [0.25, 0.3) is 5.69 Å².